The summed E-state index contributed by atoms with van der Waals surface area (Å²) in [4.78, 5) is 30.2. The van der Waals surface area contributed by atoms with E-state index in [1.54, 1.807) is 24.3 Å². The molecule has 168 valence electrons. The zero-order valence-corrected chi connectivity index (χ0v) is 18.6. The molecule has 1 N–H and O–H groups in total. The average molecular weight is 437 g/mol. The van der Waals surface area contributed by atoms with Crippen LogP contribution >= 0.6 is 0 Å². The molecule has 3 heterocycles. The zero-order valence-electron chi connectivity index (χ0n) is 18.6. The smallest absolute Gasteiger partial charge is 0.290 e. The molecule has 1 aromatic carbocycles. The van der Waals surface area contributed by atoms with Gasteiger partial charge < -0.3 is 23.7 Å². The maximum absolute atomic E-state index is 13.4. The Bertz CT molecular complexity index is 1150. The summed E-state index contributed by atoms with van der Waals surface area (Å²) in [6.07, 6.45) is 2.21. The van der Waals surface area contributed by atoms with E-state index in [1.807, 2.05) is 19.1 Å². The van der Waals surface area contributed by atoms with Gasteiger partial charge in [-0.25, -0.2) is 0 Å². The van der Waals surface area contributed by atoms with Gasteiger partial charge in [-0.1, -0.05) is 25.5 Å². The molecule has 1 aliphatic heterocycles. The van der Waals surface area contributed by atoms with Gasteiger partial charge in [0.25, 0.3) is 5.91 Å². The normalized spacial score (nSPS) is 16.7. The lowest BCUT2D eigenvalue weighted by Gasteiger charge is -2.26. The number of aryl methyl sites for hydroxylation is 1. The fourth-order valence-corrected chi connectivity index (χ4v) is 4.27. The van der Waals surface area contributed by atoms with E-state index in [4.69, 9.17) is 8.83 Å². The fraction of sp³-hybridized carbons (Fsp3) is 0.360. The third-order valence-corrected chi connectivity index (χ3v) is 6.02. The van der Waals surface area contributed by atoms with E-state index >= 15 is 0 Å². The van der Waals surface area contributed by atoms with Crippen LogP contribution in [0.5, 0.6) is 0 Å². The predicted octanol–water partition coefficient (Wildman–Crippen LogP) is 4.64. The molecule has 1 unspecified atom stereocenters. The van der Waals surface area contributed by atoms with Crippen LogP contribution in [0.25, 0.3) is 11.0 Å². The van der Waals surface area contributed by atoms with Gasteiger partial charge >= 0.3 is 0 Å². The van der Waals surface area contributed by atoms with Crippen molar-refractivity contribution in [1.29, 1.82) is 0 Å². The summed E-state index contributed by atoms with van der Waals surface area (Å²) >= 11 is 0. The summed E-state index contributed by atoms with van der Waals surface area (Å²) < 4.78 is 11.3. The summed E-state index contributed by atoms with van der Waals surface area (Å²) in [6, 6.07) is 9.90. The molecule has 32 heavy (non-hydrogen) atoms. The maximum atomic E-state index is 13.4. The average Bonchev–Trinajstić information content (AvgIpc) is 3.51. The van der Waals surface area contributed by atoms with Crippen LogP contribution in [0.15, 0.2) is 62.8 Å². The van der Waals surface area contributed by atoms with Gasteiger partial charge in [0.15, 0.2) is 11.5 Å². The largest absolute Gasteiger partial charge is 0.503 e. The molecule has 1 amide bonds. The number of amides is 1. The Morgan fingerprint density at radius 2 is 1.97 bits per heavy atom. The number of fused-ring (bicyclic) bond motifs is 1. The molecule has 4 rings (SSSR count). The molecule has 0 saturated heterocycles. The van der Waals surface area contributed by atoms with Crippen molar-refractivity contribution in [2.45, 2.75) is 33.2 Å². The number of aliphatic hydroxyl groups excluding tert-OH is 1. The van der Waals surface area contributed by atoms with Gasteiger partial charge in [-0.05, 0) is 63.3 Å². The lowest BCUT2D eigenvalue weighted by molar-refractivity contribution is -0.129. The number of hydrogen-bond donors (Lipinski definition) is 1. The summed E-state index contributed by atoms with van der Waals surface area (Å²) in [5, 5.41) is 11.5. The summed E-state index contributed by atoms with van der Waals surface area (Å²) in [6.45, 7) is 9.19. The monoisotopic (exact) mass is 436 g/mol. The second-order valence-electron chi connectivity index (χ2n) is 8.04. The number of Topliss-reactive ketones (excluding diaryl/α,β-unsaturated/α-hetero) is 1. The summed E-state index contributed by atoms with van der Waals surface area (Å²) in [5.74, 6) is -1.11. The molecular weight excluding hydrogens is 408 g/mol. The van der Waals surface area contributed by atoms with Crippen LogP contribution in [0, 0.1) is 6.92 Å². The lowest BCUT2D eigenvalue weighted by Crippen LogP contribution is -2.34. The minimum atomic E-state index is -0.795. The minimum absolute atomic E-state index is 0.0106. The number of rotatable bonds is 9. The van der Waals surface area contributed by atoms with Crippen molar-refractivity contribution >= 4 is 22.7 Å². The predicted molar refractivity (Wildman–Crippen MR) is 121 cm³/mol. The number of ketones is 1. The number of benzene rings is 1. The standard InChI is InChI=1S/C25H28N2O5/c1-4-26(5-2)11-7-12-27-22(19-8-6-13-31-19)21(24(29)25(27)30)23(28)20-15-17-14-16(3)9-10-18(17)32-20/h6,8-10,13-15,22,29H,4-5,7,11-12H2,1-3H3. The first-order valence-corrected chi connectivity index (χ1v) is 11.0. The molecule has 0 radical (unpaired) electrons. The van der Waals surface area contributed by atoms with Crippen LogP contribution in [0.2, 0.25) is 0 Å². The van der Waals surface area contributed by atoms with Crippen molar-refractivity contribution < 1.29 is 23.5 Å². The van der Waals surface area contributed by atoms with E-state index in [2.05, 4.69) is 18.7 Å². The number of nitrogens with zero attached hydrogens (tertiary/aromatic N) is 2. The van der Waals surface area contributed by atoms with Gasteiger partial charge in [0.1, 0.15) is 17.4 Å². The van der Waals surface area contributed by atoms with Crippen LogP contribution in [0.3, 0.4) is 0 Å². The quantitative estimate of drug-likeness (QED) is 0.492. The number of hydrogen-bond acceptors (Lipinski definition) is 6. The van der Waals surface area contributed by atoms with E-state index in [9.17, 15) is 14.7 Å². The summed E-state index contributed by atoms with van der Waals surface area (Å²) in [5.41, 5.74) is 1.61. The lowest BCUT2D eigenvalue weighted by atomic mass is 9.99. The Labute approximate surface area is 186 Å². The van der Waals surface area contributed by atoms with Crippen LogP contribution < -0.4 is 0 Å². The van der Waals surface area contributed by atoms with Crippen molar-refractivity contribution in [3.8, 4) is 0 Å². The SMILES string of the molecule is CCN(CC)CCCN1C(=O)C(O)=C(C(=O)c2cc3cc(C)ccc3o2)C1c1ccco1. The van der Waals surface area contributed by atoms with Crippen LogP contribution in [0.4, 0.5) is 0 Å². The Morgan fingerprint density at radius 1 is 1.19 bits per heavy atom. The molecule has 0 aliphatic carbocycles. The second kappa shape index (κ2) is 9.04. The van der Waals surface area contributed by atoms with E-state index in [0.717, 1.165) is 30.6 Å². The van der Waals surface area contributed by atoms with E-state index in [0.29, 0.717) is 24.3 Å². The highest BCUT2D eigenvalue weighted by Gasteiger charge is 2.45. The van der Waals surface area contributed by atoms with Gasteiger partial charge in [-0.2, -0.15) is 0 Å². The first kappa shape index (κ1) is 21.9. The molecule has 7 nitrogen and oxygen atoms in total. The zero-order chi connectivity index (χ0) is 22.8. The molecule has 7 heteroatoms. The van der Waals surface area contributed by atoms with Crippen molar-refractivity contribution in [3.63, 3.8) is 0 Å². The molecule has 1 atom stereocenters. The molecule has 0 saturated carbocycles. The highest BCUT2D eigenvalue weighted by Crippen LogP contribution is 2.39. The number of carbonyl (C=O) groups excluding carboxylic acids is 2. The molecule has 0 fully saturated rings. The van der Waals surface area contributed by atoms with E-state index < -0.39 is 23.5 Å². The number of carbonyl (C=O) groups is 2. The Balaban J connectivity index is 1.66. The Hall–Kier alpha value is -3.32. The first-order valence-electron chi connectivity index (χ1n) is 11.0. The van der Waals surface area contributed by atoms with Crippen LogP contribution in [0.1, 0.15) is 48.2 Å². The second-order valence-corrected chi connectivity index (χ2v) is 8.04. The van der Waals surface area contributed by atoms with Crippen molar-refractivity contribution in [2.75, 3.05) is 26.2 Å². The maximum Gasteiger partial charge on any atom is 0.290 e. The fourth-order valence-electron chi connectivity index (χ4n) is 4.27. The van der Waals surface area contributed by atoms with E-state index in [-0.39, 0.29) is 11.3 Å². The topological polar surface area (TPSA) is 87.1 Å². The van der Waals surface area contributed by atoms with Gasteiger partial charge in [0.05, 0.1) is 11.8 Å². The van der Waals surface area contributed by atoms with Crippen molar-refractivity contribution in [1.82, 2.24) is 9.80 Å². The minimum Gasteiger partial charge on any atom is -0.503 e. The van der Waals surface area contributed by atoms with E-state index in [1.165, 1.54) is 11.2 Å². The molecule has 1 aliphatic rings. The third-order valence-electron chi connectivity index (χ3n) is 6.02. The van der Waals surface area contributed by atoms with Crippen LogP contribution in [-0.4, -0.2) is 52.8 Å². The van der Waals surface area contributed by atoms with Gasteiger partial charge in [-0.15, -0.1) is 0 Å². The Morgan fingerprint density at radius 3 is 2.66 bits per heavy atom. The molecule has 0 spiro atoms. The number of furan rings is 2. The van der Waals surface area contributed by atoms with Crippen molar-refractivity contribution in [2.24, 2.45) is 0 Å². The van der Waals surface area contributed by atoms with Gasteiger partial charge in [0.2, 0.25) is 5.78 Å². The first-order chi connectivity index (χ1) is 15.4. The van der Waals surface area contributed by atoms with Crippen molar-refractivity contribution in [3.05, 3.63) is 71.1 Å². The molecular formula is C25H28N2O5. The molecule has 0 bridgehead atoms. The Kier molecular flexibility index (Phi) is 6.19. The molecule has 3 aromatic rings. The van der Waals surface area contributed by atoms with Crippen LogP contribution in [-0.2, 0) is 4.79 Å². The highest BCUT2D eigenvalue weighted by molar-refractivity contribution is 6.15. The highest BCUT2D eigenvalue weighted by atomic mass is 16.3. The van der Waals surface area contributed by atoms with Gasteiger partial charge in [0, 0.05) is 11.9 Å². The summed E-state index contributed by atoms with van der Waals surface area (Å²) in [7, 11) is 0. The molecule has 2 aromatic heterocycles. The van der Waals surface area contributed by atoms with Gasteiger partial charge in [-0.3, -0.25) is 9.59 Å². The third kappa shape index (κ3) is 3.96. The number of aliphatic hydroxyl groups is 1.